The summed E-state index contributed by atoms with van der Waals surface area (Å²) in [5.74, 6) is 0.834. The number of aliphatic hydroxyl groups is 1. The fourth-order valence-electron chi connectivity index (χ4n) is 2.10. The Bertz CT molecular complexity index is 201. The lowest BCUT2D eigenvalue weighted by Gasteiger charge is -2.23. The van der Waals surface area contributed by atoms with Crippen molar-refractivity contribution >= 4 is 0 Å². The predicted molar refractivity (Wildman–Crippen MR) is 66.5 cm³/mol. The van der Waals surface area contributed by atoms with Gasteiger partial charge < -0.3 is 15.2 Å². The number of aliphatic hydroxyl groups excluding tert-OH is 1. The molecule has 1 rings (SSSR count). The molecule has 3 nitrogen and oxygen atoms in total. The van der Waals surface area contributed by atoms with Gasteiger partial charge in [-0.15, -0.1) is 0 Å². The first kappa shape index (κ1) is 13.9. The van der Waals surface area contributed by atoms with Crippen LogP contribution in [-0.4, -0.2) is 36.0 Å². The average molecular weight is 229 g/mol. The van der Waals surface area contributed by atoms with Crippen molar-refractivity contribution in [3.05, 3.63) is 0 Å². The number of nitrogens with one attached hydrogen (secondary N) is 1. The molecule has 1 aliphatic rings. The van der Waals surface area contributed by atoms with Gasteiger partial charge in [0.05, 0.1) is 18.3 Å². The van der Waals surface area contributed by atoms with Gasteiger partial charge in [0, 0.05) is 12.6 Å². The highest BCUT2D eigenvalue weighted by atomic mass is 16.5. The molecule has 0 bridgehead atoms. The number of hydrogen-bond donors (Lipinski definition) is 2. The first-order chi connectivity index (χ1) is 7.37. The summed E-state index contributed by atoms with van der Waals surface area (Å²) < 4.78 is 5.54. The Morgan fingerprint density at radius 1 is 1.38 bits per heavy atom. The Hall–Kier alpha value is -0.120. The molecule has 0 saturated heterocycles. The number of hydrogen-bond acceptors (Lipinski definition) is 3. The maximum absolute atomic E-state index is 9.75. The molecule has 3 unspecified atom stereocenters. The zero-order valence-corrected chi connectivity index (χ0v) is 11.1. The second kappa shape index (κ2) is 5.99. The highest BCUT2D eigenvalue weighted by Gasteiger charge is 2.21. The van der Waals surface area contributed by atoms with E-state index in [1.165, 1.54) is 19.3 Å². The van der Waals surface area contributed by atoms with Gasteiger partial charge in [-0.05, 0) is 46.0 Å². The van der Waals surface area contributed by atoms with Crippen LogP contribution in [-0.2, 0) is 4.74 Å². The molecule has 0 aromatic rings. The van der Waals surface area contributed by atoms with Gasteiger partial charge in [-0.25, -0.2) is 0 Å². The Morgan fingerprint density at radius 2 is 2.06 bits per heavy atom. The minimum absolute atomic E-state index is 0.164. The highest BCUT2D eigenvalue weighted by molar-refractivity contribution is 4.79. The SMILES string of the molecule is CC1CCC(NCC(O)COC(C)(C)C)C1. The van der Waals surface area contributed by atoms with E-state index in [9.17, 15) is 5.11 Å². The molecule has 1 fully saturated rings. The van der Waals surface area contributed by atoms with Crippen LogP contribution in [0, 0.1) is 5.92 Å². The molecule has 1 saturated carbocycles. The lowest BCUT2D eigenvalue weighted by atomic mass is 10.1. The summed E-state index contributed by atoms with van der Waals surface area (Å²) in [6.45, 7) is 9.37. The normalized spacial score (nSPS) is 28.3. The topological polar surface area (TPSA) is 41.5 Å². The van der Waals surface area contributed by atoms with Crippen LogP contribution in [0.3, 0.4) is 0 Å². The Balaban J connectivity index is 2.08. The van der Waals surface area contributed by atoms with Gasteiger partial charge in [0.2, 0.25) is 0 Å². The van der Waals surface area contributed by atoms with E-state index in [-0.39, 0.29) is 5.60 Å². The summed E-state index contributed by atoms with van der Waals surface area (Å²) in [5.41, 5.74) is -0.164. The Morgan fingerprint density at radius 3 is 2.56 bits per heavy atom. The van der Waals surface area contributed by atoms with E-state index in [1.54, 1.807) is 0 Å². The summed E-state index contributed by atoms with van der Waals surface area (Å²) in [7, 11) is 0. The van der Waals surface area contributed by atoms with Gasteiger partial charge >= 0.3 is 0 Å². The van der Waals surface area contributed by atoms with Gasteiger partial charge in [-0.2, -0.15) is 0 Å². The maximum atomic E-state index is 9.75. The van der Waals surface area contributed by atoms with Crippen molar-refractivity contribution in [2.24, 2.45) is 5.92 Å². The summed E-state index contributed by atoms with van der Waals surface area (Å²) in [4.78, 5) is 0. The van der Waals surface area contributed by atoms with E-state index in [0.717, 1.165) is 5.92 Å². The van der Waals surface area contributed by atoms with E-state index < -0.39 is 6.10 Å². The summed E-state index contributed by atoms with van der Waals surface area (Å²) >= 11 is 0. The van der Waals surface area contributed by atoms with Crippen molar-refractivity contribution in [2.45, 2.75) is 64.7 Å². The maximum Gasteiger partial charge on any atom is 0.0898 e. The first-order valence-corrected chi connectivity index (χ1v) is 6.42. The van der Waals surface area contributed by atoms with Crippen LogP contribution < -0.4 is 5.32 Å². The van der Waals surface area contributed by atoms with E-state index in [2.05, 4.69) is 12.2 Å². The third kappa shape index (κ3) is 5.83. The molecule has 0 aromatic heterocycles. The third-order valence-electron chi connectivity index (χ3n) is 3.05. The molecule has 0 heterocycles. The lowest BCUT2D eigenvalue weighted by Crippen LogP contribution is -2.37. The molecule has 0 amide bonds. The van der Waals surface area contributed by atoms with E-state index in [0.29, 0.717) is 19.2 Å². The van der Waals surface area contributed by atoms with Crippen molar-refractivity contribution in [1.29, 1.82) is 0 Å². The Labute approximate surface area is 99.6 Å². The number of rotatable bonds is 5. The molecule has 2 N–H and O–H groups in total. The largest absolute Gasteiger partial charge is 0.389 e. The van der Waals surface area contributed by atoms with E-state index >= 15 is 0 Å². The molecule has 96 valence electrons. The lowest BCUT2D eigenvalue weighted by molar-refractivity contribution is -0.0483. The Kier molecular flexibility index (Phi) is 5.22. The van der Waals surface area contributed by atoms with Crippen LogP contribution in [0.4, 0.5) is 0 Å². The van der Waals surface area contributed by atoms with Gasteiger partial charge in [-0.3, -0.25) is 0 Å². The third-order valence-corrected chi connectivity index (χ3v) is 3.05. The molecule has 16 heavy (non-hydrogen) atoms. The van der Waals surface area contributed by atoms with Gasteiger partial charge in [-0.1, -0.05) is 6.92 Å². The number of ether oxygens (including phenoxy) is 1. The van der Waals surface area contributed by atoms with Crippen molar-refractivity contribution in [2.75, 3.05) is 13.2 Å². The fourth-order valence-corrected chi connectivity index (χ4v) is 2.10. The van der Waals surface area contributed by atoms with Gasteiger partial charge in [0.15, 0.2) is 0 Å². The molecule has 0 radical (unpaired) electrons. The van der Waals surface area contributed by atoms with Crippen LogP contribution in [0.1, 0.15) is 47.0 Å². The van der Waals surface area contributed by atoms with Crippen LogP contribution >= 0.6 is 0 Å². The monoisotopic (exact) mass is 229 g/mol. The minimum atomic E-state index is -0.393. The quantitative estimate of drug-likeness (QED) is 0.757. The van der Waals surface area contributed by atoms with E-state index in [1.807, 2.05) is 20.8 Å². The molecule has 3 heteroatoms. The van der Waals surface area contributed by atoms with Gasteiger partial charge in [0.1, 0.15) is 0 Å². The fraction of sp³-hybridized carbons (Fsp3) is 1.00. The molecule has 3 atom stereocenters. The van der Waals surface area contributed by atoms with Crippen molar-refractivity contribution < 1.29 is 9.84 Å². The highest BCUT2D eigenvalue weighted by Crippen LogP contribution is 2.24. The molecular weight excluding hydrogens is 202 g/mol. The van der Waals surface area contributed by atoms with Crippen LogP contribution in [0.15, 0.2) is 0 Å². The summed E-state index contributed by atoms with van der Waals surface area (Å²) in [6.07, 6.45) is 3.41. The summed E-state index contributed by atoms with van der Waals surface area (Å²) in [5, 5.41) is 13.2. The van der Waals surface area contributed by atoms with Gasteiger partial charge in [0.25, 0.3) is 0 Å². The van der Waals surface area contributed by atoms with Crippen LogP contribution in [0.5, 0.6) is 0 Å². The second-order valence-corrected chi connectivity index (χ2v) is 6.10. The molecular formula is C13H27NO2. The molecule has 0 spiro atoms. The zero-order valence-electron chi connectivity index (χ0n) is 11.1. The smallest absolute Gasteiger partial charge is 0.0898 e. The summed E-state index contributed by atoms with van der Waals surface area (Å²) in [6, 6.07) is 0.597. The molecule has 0 aromatic carbocycles. The standard InChI is InChI=1S/C13H27NO2/c1-10-5-6-11(7-10)14-8-12(15)9-16-13(2,3)4/h10-12,14-15H,5-9H2,1-4H3. The van der Waals surface area contributed by atoms with Crippen LogP contribution in [0.2, 0.25) is 0 Å². The zero-order chi connectivity index (χ0) is 12.2. The van der Waals surface area contributed by atoms with E-state index in [4.69, 9.17) is 4.74 Å². The molecule has 1 aliphatic carbocycles. The average Bonchev–Trinajstić information content (AvgIpc) is 2.57. The van der Waals surface area contributed by atoms with Crippen molar-refractivity contribution in [1.82, 2.24) is 5.32 Å². The minimum Gasteiger partial charge on any atom is -0.389 e. The van der Waals surface area contributed by atoms with Crippen LogP contribution in [0.25, 0.3) is 0 Å². The second-order valence-electron chi connectivity index (χ2n) is 6.10. The predicted octanol–water partition coefficient (Wildman–Crippen LogP) is 1.94. The van der Waals surface area contributed by atoms with Crippen molar-refractivity contribution in [3.63, 3.8) is 0 Å². The van der Waals surface area contributed by atoms with Crippen molar-refractivity contribution in [3.8, 4) is 0 Å². The molecule has 0 aliphatic heterocycles. The first-order valence-electron chi connectivity index (χ1n) is 6.42.